The highest BCUT2D eigenvalue weighted by molar-refractivity contribution is 5.90. The Balaban J connectivity index is 1.82. The van der Waals surface area contributed by atoms with Crippen molar-refractivity contribution in [3.05, 3.63) is 23.3 Å². The Morgan fingerprint density at radius 3 is 2.50 bits per heavy atom. The lowest BCUT2D eigenvalue weighted by Gasteiger charge is -2.47. The highest BCUT2D eigenvalue weighted by atomic mass is 16.5. The zero-order chi connectivity index (χ0) is 21.8. The minimum absolute atomic E-state index is 0.199. The zero-order valence-corrected chi connectivity index (χ0v) is 18.3. The molecule has 1 aromatic carbocycles. The highest BCUT2D eigenvalue weighted by Crippen LogP contribution is 2.45. The number of rotatable bonds is 8. The fraction of sp³-hybridized carbons (Fsp3) is 0.652. The van der Waals surface area contributed by atoms with Gasteiger partial charge in [-0.1, -0.05) is 13.8 Å². The van der Waals surface area contributed by atoms with Gasteiger partial charge in [-0.05, 0) is 60.3 Å². The molecule has 1 N–H and O–H groups in total. The number of aliphatic carboxylic acids is 1. The van der Waals surface area contributed by atoms with Crippen molar-refractivity contribution < 1.29 is 28.9 Å². The van der Waals surface area contributed by atoms with Crippen molar-refractivity contribution in [2.75, 3.05) is 33.9 Å². The summed E-state index contributed by atoms with van der Waals surface area (Å²) in [6.07, 6.45) is 2.32. The lowest BCUT2D eigenvalue weighted by Crippen LogP contribution is -2.47. The monoisotopic (exact) mass is 419 g/mol. The van der Waals surface area contributed by atoms with Gasteiger partial charge in [-0.25, -0.2) is 0 Å². The largest absolute Gasteiger partial charge is 0.493 e. The van der Waals surface area contributed by atoms with Gasteiger partial charge < -0.3 is 19.3 Å². The molecule has 7 heteroatoms. The van der Waals surface area contributed by atoms with Crippen LogP contribution < -0.4 is 9.47 Å². The van der Waals surface area contributed by atoms with Crippen LogP contribution in [0.4, 0.5) is 0 Å². The van der Waals surface area contributed by atoms with Crippen molar-refractivity contribution in [3.63, 3.8) is 0 Å². The minimum atomic E-state index is -1.16. The molecule has 30 heavy (non-hydrogen) atoms. The molecule has 0 spiro atoms. The standard InChI is InChI=1S/C23H33NO6/c1-14(2)7-16-12-24-6-5-15-9-20(28-3)21(29-4)10-18(15)19(24)8-17(16)13-30-23(27)11-22(25)26/h9-10,14,16-17,19H,5-8,11-13H2,1-4H3,(H,25,26)/t16-,17+,19-/m1/s1. The number of nitrogens with zero attached hydrogens (tertiary/aromatic N) is 1. The van der Waals surface area contributed by atoms with E-state index < -0.39 is 18.4 Å². The summed E-state index contributed by atoms with van der Waals surface area (Å²) in [4.78, 5) is 25.1. The molecule has 0 aromatic heterocycles. The maximum Gasteiger partial charge on any atom is 0.317 e. The number of carbonyl (C=O) groups is 2. The van der Waals surface area contributed by atoms with Crippen LogP contribution in [0.5, 0.6) is 11.5 Å². The van der Waals surface area contributed by atoms with Crippen molar-refractivity contribution in [1.29, 1.82) is 0 Å². The van der Waals surface area contributed by atoms with Crippen molar-refractivity contribution in [1.82, 2.24) is 4.90 Å². The quantitative estimate of drug-likeness (QED) is 0.511. The van der Waals surface area contributed by atoms with Gasteiger partial charge in [0.1, 0.15) is 6.42 Å². The third-order valence-corrected chi connectivity index (χ3v) is 6.30. The van der Waals surface area contributed by atoms with Gasteiger partial charge in [-0.2, -0.15) is 0 Å². The Hall–Kier alpha value is -2.28. The Bertz CT molecular complexity index is 777. The summed E-state index contributed by atoms with van der Waals surface area (Å²) < 4.78 is 16.4. The first kappa shape index (κ1) is 22.4. The third-order valence-electron chi connectivity index (χ3n) is 6.30. The summed E-state index contributed by atoms with van der Waals surface area (Å²) in [6, 6.07) is 4.40. The molecule has 2 aliphatic heterocycles. The van der Waals surface area contributed by atoms with Crippen LogP contribution in [-0.4, -0.2) is 55.9 Å². The van der Waals surface area contributed by atoms with Gasteiger partial charge in [0.25, 0.3) is 0 Å². The number of carboxylic acids is 1. The molecule has 0 bridgehead atoms. The fourth-order valence-corrected chi connectivity index (χ4v) is 4.96. The first-order valence-corrected chi connectivity index (χ1v) is 10.7. The molecule has 0 radical (unpaired) electrons. The van der Waals surface area contributed by atoms with Gasteiger partial charge in [-0.15, -0.1) is 0 Å². The number of piperidine rings is 1. The number of hydrogen-bond donors (Lipinski definition) is 1. The lowest BCUT2D eigenvalue weighted by atomic mass is 9.74. The number of ether oxygens (including phenoxy) is 3. The number of benzene rings is 1. The van der Waals surface area contributed by atoms with E-state index in [0.29, 0.717) is 11.8 Å². The molecule has 1 saturated heterocycles. The minimum Gasteiger partial charge on any atom is -0.493 e. The van der Waals surface area contributed by atoms with E-state index in [1.54, 1.807) is 14.2 Å². The van der Waals surface area contributed by atoms with Crippen LogP contribution in [0, 0.1) is 17.8 Å². The summed E-state index contributed by atoms with van der Waals surface area (Å²) in [7, 11) is 3.30. The van der Waals surface area contributed by atoms with Crippen LogP contribution in [0.2, 0.25) is 0 Å². The van der Waals surface area contributed by atoms with Gasteiger partial charge >= 0.3 is 11.9 Å². The average Bonchev–Trinajstić information content (AvgIpc) is 2.70. The van der Waals surface area contributed by atoms with Crippen molar-refractivity contribution >= 4 is 11.9 Å². The van der Waals surface area contributed by atoms with Gasteiger partial charge in [-0.3, -0.25) is 14.5 Å². The first-order chi connectivity index (χ1) is 14.3. The molecule has 0 unspecified atom stereocenters. The summed E-state index contributed by atoms with van der Waals surface area (Å²) in [5.41, 5.74) is 2.53. The second-order valence-corrected chi connectivity index (χ2v) is 8.81. The number of hydrogen-bond acceptors (Lipinski definition) is 6. The Morgan fingerprint density at radius 1 is 1.17 bits per heavy atom. The predicted octanol–water partition coefficient (Wildman–Crippen LogP) is 3.30. The van der Waals surface area contributed by atoms with E-state index in [0.717, 1.165) is 43.9 Å². The summed E-state index contributed by atoms with van der Waals surface area (Å²) in [5.74, 6) is 0.819. The van der Waals surface area contributed by atoms with Crippen LogP contribution in [0.1, 0.15) is 50.3 Å². The van der Waals surface area contributed by atoms with Crippen LogP contribution in [0.25, 0.3) is 0 Å². The highest BCUT2D eigenvalue weighted by Gasteiger charge is 2.40. The zero-order valence-electron chi connectivity index (χ0n) is 18.3. The molecule has 0 aliphatic carbocycles. The van der Waals surface area contributed by atoms with Gasteiger partial charge in [0, 0.05) is 19.1 Å². The summed E-state index contributed by atoms with van der Waals surface area (Å²) in [5, 5.41) is 8.82. The van der Waals surface area contributed by atoms with Crippen LogP contribution in [0.3, 0.4) is 0 Å². The average molecular weight is 420 g/mol. The number of esters is 1. The molecule has 3 rings (SSSR count). The number of carboxylic acid groups (broad SMARTS) is 1. The van der Waals surface area contributed by atoms with E-state index in [1.165, 1.54) is 11.1 Å². The fourth-order valence-electron chi connectivity index (χ4n) is 4.96. The van der Waals surface area contributed by atoms with Gasteiger partial charge in [0.2, 0.25) is 0 Å². The Kier molecular flexibility index (Phi) is 7.23. The SMILES string of the molecule is COc1cc2c(cc1OC)[C@H]1C[C@@H](COC(=O)CC(=O)O)[C@H](CC(C)C)CN1CC2. The summed E-state index contributed by atoms with van der Waals surface area (Å²) in [6.45, 7) is 6.64. The van der Waals surface area contributed by atoms with Gasteiger partial charge in [0.05, 0.1) is 20.8 Å². The van der Waals surface area contributed by atoms with Crippen molar-refractivity contribution in [2.45, 2.75) is 45.6 Å². The molecule has 1 fully saturated rings. The smallest absolute Gasteiger partial charge is 0.317 e. The van der Waals surface area contributed by atoms with E-state index >= 15 is 0 Å². The molecular formula is C23H33NO6. The molecule has 2 heterocycles. The number of methoxy groups -OCH3 is 2. The van der Waals surface area contributed by atoms with E-state index in [-0.39, 0.29) is 18.6 Å². The topological polar surface area (TPSA) is 85.3 Å². The number of carbonyl (C=O) groups excluding carboxylic acids is 1. The van der Waals surface area contributed by atoms with E-state index in [2.05, 4.69) is 30.9 Å². The Morgan fingerprint density at radius 2 is 1.87 bits per heavy atom. The molecule has 0 saturated carbocycles. The molecule has 7 nitrogen and oxygen atoms in total. The molecular weight excluding hydrogens is 386 g/mol. The second-order valence-electron chi connectivity index (χ2n) is 8.81. The molecule has 0 amide bonds. The molecule has 166 valence electrons. The maximum absolute atomic E-state index is 11.8. The van der Waals surface area contributed by atoms with E-state index in [9.17, 15) is 9.59 Å². The van der Waals surface area contributed by atoms with Crippen LogP contribution >= 0.6 is 0 Å². The Labute approximate surface area is 178 Å². The van der Waals surface area contributed by atoms with Crippen LogP contribution in [0.15, 0.2) is 12.1 Å². The van der Waals surface area contributed by atoms with Crippen molar-refractivity contribution in [3.8, 4) is 11.5 Å². The lowest BCUT2D eigenvalue weighted by molar-refractivity contribution is -0.153. The second kappa shape index (κ2) is 9.69. The molecule has 1 aromatic rings. The normalized spacial score (nSPS) is 23.4. The maximum atomic E-state index is 11.8. The third kappa shape index (κ3) is 5.06. The van der Waals surface area contributed by atoms with Crippen molar-refractivity contribution in [2.24, 2.45) is 17.8 Å². The first-order valence-electron chi connectivity index (χ1n) is 10.7. The van der Waals surface area contributed by atoms with Crippen LogP contribution in [-0.2, 0) is 20.7 Å². The summed E-state index contributed by atoms with van der Waals surface area (Å²) >= 11 is 0. The number of fused-ring (bicyclic) bond motifs is 3. The predicted molar refractivity (Wildman–Crippen MR) is 112 cm³/mol. The molecule has 3 atom stereocenters. The molecule has 2 aliphatic rings. The van der Waals surface area contributed by atoms with E-state index in [1.807, 2.05) is 0 Å². The van der Waals surface area contributed by atoms with Gasteiger partial charge in [0.15, 0.2) is 11.5 Å². The van der Waals surface area contributed by atoms with E-state index in [4.69, 9.17) is 19.3 Å².